The number of nitrogens with one attached hydrogen (secondary N) is 1. The quantitative estimate of drug-likeness (QED) is 0.551. The Labute approximate surface area is 81.2 Å². The summed E-state index contributed by atoms with van der Waals surface area (Å²) in [5, 5.41) is 23.8. The largest absolute Gasteiger partial charge is 0.394 e. The number of aliphatic hydroxyl groups is 2. The summed E-state index contributed by atoms with van der Waals surface area (Å²) < 4.78 is 1.50. The highest BCUT2D eigenvalue weighted by atomic mass is 16.3. The third kappa shape index (κ3) is 2.54. The predicted octanol–water partition coefficient (Wildman–Crippen LogP) is -1.50. The van der Waals surface area contributed by atoms with Crippen molar-refractivity contribution >= 4 is 5.91 Å². The van der Waals surface area contributed by atoms with Gasteiger partial charge < -0.3 is 15.5 Å². The monoisotopic (exact) mass is 199 g/mol. The number of hydrogen-bond acceptors (Lipinski definition) is 4. The first-order valence-electron chi connectivity index (χ1n) is 4.19. The van der Waals surface area contributed by atoms with Gasteiger partial charge in [0.1, 0.15) is 5.69 Å². The van der Waals surface area contributed by atoms with Crippen LogP contribution in [0, 0.1) is 0 Å². The van der Waals surface area contributed by atoms with Crippen molar-refractivity contribution < 1.29 is 15.0 Å². The first-order valence-corrected chi connectivity index (χ1v) is 4.19. The fourth-order valence-electron chi connectivity index (χ4n) is 0.945. The zero-order valence-electron chi connectivity index (χ0n) is 7.84. The molecule has 0 bridgehead atoms. The van der Waals surface area contributed by atoms with Gasteiger partial charge in [0.25, 0.3) is 5.91 Å². The molecule has 0 spiro atoms. The minimum absolute atomic E-state index is 0.263. The molecule has 0 saturated heterocycles. The van der Waals surface area contributed by atoms with Crippen molar-refractivity contribution in [2.24, 2.45) is 7.05 Å². The van der Waals surface area contributed by atoms with Gasteiger partial charge in [-0.05, 0) is 6.07 Å². The van der Waals surface area contributed by atoms with Gasteiger partial charge in [0.15, 0.2) is 0 Å². The van der Waals surface area contributed by atoms with E-state index in [4.69, 9.17) is 10.2 Å². The Kier molecular flexibility index (Phi) is 3.61. The number of carbonyl (C=O) groups excluding carboxylic acids is 1. The second-order valence-corrected chi connectivity index (χ2v) is 2.91. The molecule has 6 heteroatoms. The number of nitrogens with zero attached hydrogens (tertiary/aromatic N) is 2. The van der Waals surface area contributed by atoms with Crippen LogP contribution < -0.4 is 5.32 Å². The fraction of sp³-hybridized carbons (Fsp3) is 0.500. The summed E-state index contributed by atoms with van der Waals surface area (Å²) in [4.78, 5) is 11.4. The van der Waals surface area contributed by atoms with E-state index in [1.165, 1.54) is 4.68 Å². The zero-order chi connectivity index (χ0) is 10.6. The second kappa shape index (κ2) is 4.73. The maximum atomic E-state index is 11.4. The van der Waals surface area contributed by atoms with E-state index in [1.54, 1.807) is 19.3 Å². The number of amides is 1. The standard InChI is InChI=1S/C8H13N3O3/c1-11-3-2-7(10-11)8(14)9-6(4-12)5-13/h2-3,6,12-13H,4-5H2,1H3,(H,9,14). The van der Waals surface area contributed by atoms with Crippen molar-refractivity contribution in [1.29, 1.82) is 0 Å². The molecule has 0 atom stereocenters. The van der Waals surface area contributed by atoms with Crippen LogP contribution in [0.15, 0.2) is 12.3 Å². The molecule has 6 nitrogen and oxygen atoms in total. The molecule has 0 saturated carbocycles. The number of aromatic nitrogens is 2. The number of hydrogen-bond donors (Lipinski definition) is 3. The fourth-order valence-corrected chi connectivity index (χ4v) is 0.945. The van der Waals surface area contributed by atoms with Crippen LogP contribution in [0.1, 0.15) is 10.5 Å². The van der Waals surface area contributed by atoms with Crippen molar-refractivity contribution in [3.63, 3.8) is 0 Å². The van der Waals surface area contributed by atoms with E-state index in [9.17, 15) is 4.79 Å². The number of aliphatic hydroxyl groups excluding tert-OH is 2. The minimum Gasteiger partial charge on any atom is -0.394 e. The first-order chi connectivity index (χ1) is 6.67. The second-order valence-electron chi connectivity index (χ2n) is 2.91. The maximum Gasteiger partial charge on any atom is 0.272 e. The summed E-state index contributed by atoms with van der Waals surface area (Å²) in [5.41, 5.74) is 0.263. The van der Waals surface area contributed by atoms with Crippen LogP contribution in [-0.2, 0) is 7.05 Å². The van der Waals surface area contributed by atoms with E-state index in [0.29, 0.717) is 0 Å². The molecule has 0 aromatic carbocycles. The van der Waals surface area contributed by atoms with Gasteiger partial charge in [0.2, 0.25) is 0 Å². The van der Waals surface area contributed by atoms with Gasteiger partial charge in [-0.2, -0.15) is 5.10 Å². The Bertz CT molecular complexity index is 307. The molecule has 3 N–H and O–H groups in total. The number of carbonyl (C=O) groups is 1. The van der Waals surface area contributed by atoms with Crippen LogP contribution in [-0.4, -0.2) is 45.2 Å². The summed E-state index contributed by atoms with van der Waals surface area (Å²) in [5.74, 6) is -0.404. The Balaban J connectivity index is 2.58. The summed E-state index contributed by atoms with van der Waals surface area (Å²) in [6, 6.07) is 0.922. The van der Waals surface area contributed by atoms with Crippen LogP contribution in [0.5, 0.6) is 0 Å². The average molecular weight is 199 g/mol. The third-order valence-electron chi connectivity index (χ3n) is 1.72. The maximum absolute atomic E-state index is 11.4. The van der Waals surface area contributed by atoms with E-state index >= 15 is 0 Å². The molecular formula is C8H13N3O3. The van der Waals surface area contributed by atoms with E-state index < -0.39 is 11.9 Å². The van der Waals surface area contributed by atoms with Crippen LogP contribution in [0.4, 0.5) is 0 Å². The van der Waals surface area contributed by atoms with Crippen LogP contribution in [0.3, 0.4) is 0 Å². The molecule has 0 aliphatic carbocycles. The van der Waals surface area contributed by atoms with Gasteiger partial charge in [0, 0.05) is 13.2 Å². The summed E-state index contributed by atoms with van der Waals surface area (Å²) in [6.45, 7) is -0.593. The molecule has 78 valence electrons. The molecular weight excluding hydrogens is 186 g/mol. The van der Waals surface area contributed by atoms with Gasteiger partial charge in [-0.15, -0.1) is 0 Å². The van der Waals surface area contributed by atoms with Gasteiger partial charge in [-0.1, -0.05) is 0 Å². The summed E-state index contributed by atoms with van der Waals surface area (Å²) in [6.07, 6.45) is 1.64. The lowest BCUT2D eigenvalue weighted by molar-refractivity contribution is 0.0873. The summed E-state index contributed by atoms with van der Waals surface area (Å²) >= 11 is 0. The van der Waals surface area contributed by atoms with Crippen molar-refractivity contribution in [2.45, 2.75) is 6.04 Å². The zero-order valence-corrected chi connectivity index (χ0v) is 7.84. The molecule has 0 aliphatic heterocycles. The molecule has 1 heterocycles. The van der Waals surface area contributed by atoms with Crippen LogP contribution in [0.25, 0.3) is 0 Å². The SMILES string of the molecule is Cn1ccc(C(=O)NC(CO)CO)n1. The molecule has 1 aromatic heterocycles. The molecule has 1 amide bonds. The molecule has 0 radical (unpaired) electrons. The Morgan fingerprint density at radius 2 is 2.29 bits per heavy atom. The highest BCUT2D eigenvalue weighted by Gasteiger charge is 2.13. The lowest BCUT2D eigenvalue weighted by atomic mass is 10.3. The highest BCUT2D eigenvalue weighted by molar-refractivity contribution is 5.92. The molecule has 1 rings (SSSR count). The van der Waals surface area contributed by atoms with Gasteiger partial charge in [0.05, 0.1) is 19.3 Å². The number of aryl methyl sites for hydroxylation is 1. The van der Waals surface area contributed by atoms with Gasteiger partial charge in [-0.25, -0.2) is 0 Å². The third-order valence-corrected chi connectivity index (χ3v) is 1.72. The lowest BCUT2D eigenvalue weighted by Crippen LogP contribution is -2.40. The molecule has 0 fully saturated rings. The molecule has 14 heavy (non-hydrogen) atoms. The highest BCUT2D eigenvalue weighted by Crippen LogP contribution is 1.94. The smallest absolute Gasteiger partial charge is 0.272 e. The Morgan fingerprint density at radius 3 is 2.71 bits per heavy atom. The topological polar surface area (TPSA) is 87.4 Å². The van der Waals surface area contributed by atoms with Crippen molar-refractivity contribution in [3.8, 4) is 0 Å². The van der Waals surface area contributed by atoms with Crippen LogP contribution in [0.2, 0.25) is 0 Å². The number of rotatable bonds is 4. The van der Waals surface area contributed by atoms with E-state index in [0.717, 1.165) is 0 Å². The molecule has 0 aliphatic rings. The lowest BCUT2D eigenvalue weighted by Gasteiger charge is -2.11. The van der Waals surface area contributed by atoms with Gasteiger partial charge >= 0.3 is 0 Å². The van der Waals surface area contributed by atoms with Crippen LogP contribution >= 0.6 is 0 Å². The molecule has 1 aromatic rings. The predicted molar refractivity (Wildman–Crippen MR) is 48.6 cm³/mol. The van der Waals surface area contributed by atoms with Crippen molar-refractivity contribution in [2.75, 3.05) is 13.2 Å². The Morgan fingerprint density at radius 1 is 1.64 bits per heavy atom. The average Bonchev–Trinajstić information content (AvgIpc) is 2.61. The van der Waals surface area contributed by atoms with Crippen molar-refractivity contribution in [1.82, 2.24) is 15.1 Å². The minimum atomic E-state index is -0.635. The Hall–Kier alpha value is -1.40. The molecule has 0 unspecified atom stereocenters. The van der Waals surface area contributed by atoms with E-state index in [-0.39, 0.29) is 18.9 Å². The summed E-state index contributed by atoms with van der Waals surface area (Å²) in [7, 11) is 1.70. The van der Waals surface area contributed by atoms with Gasteiger partial charge in [-0.3, -0.25) is 9.48 Å². The first kappa shape index (κ1) is 10.7. The van der Waals surface area contributed by atoms with Crippen molar-refractivity contribution in [3.05, 3.63) is 18.0 Å². The van der Waals surface area contributed by atoms with E-state index in [2.05, 4.69) is 10.4 Å². The van der Waals surface area contributed by atoms with E-state index in [1.807, 2.05) is 0 Å². The normalized spacial score (nSPS) is 10.6.